The lowest BCUT2D eigenvalue weighted by Gasteiger charge is -2.44. The van der Waals surface area contributed by atoms with Crippen molar-refractivity contribution in [1.29, 1.82) is 0 Å². The highest BCUT2D eigenvalue weighted by molar-refractivity contribution is 7.00. The van der Waals surface area contributed by atoms with E-state index in [-0.39, 0.29) is 17.5 Å². The highest BCUT2D eigenvalue weighted by Gasteiger charge is 2.45. The van der Waals surface area contributed by atoms with Crippen molar-refractivity contribution in [1.82, 2.24) is 4.98 Å². The van der Waals surface area contributed by atoms with E-state index in [9.17, 15) is 0 Å². The van der Waals surface area contributed by atoms with Crippen LogP contribution in [-0.2, 0) is 10.8 Å². The van der Waals surface area contributed by atoms with E-state index in [0.29, 0.717) is 0 Å². The van der Waals surface area contributed by atoms with Crippen LogP contribution in [0.4, 0.5) is 51.4 Å². The molecule has 10 aromatic rings. The highest BCUT2D eigenvalue weighted by atomic mass is 16.3. The molecule has 6 heteroatoms. The number of fused-ring (bicyclic) bond motifs is 8. The van der Waals surface area contributed by atoms with Gasteiger partial charge in [0.05, 0.1) is 11.4 Å². The molecule has 2 aromatic heterocycles. The van der Waals surface area contributed by atoms with Gasteiger partial charge >= 0.3 is 0 Å². The quantitative estimate of drug-likeness (QED) is 0.161. The number of aromatic nitrogens is 1. The Bertz CT molecular complexity index is 3480. The van der Waals surface area contributed by atoms with Crippen molar-refractivity contribution in [2.45, 2.75) is 52.4 Å². The Morgan fingerprint density at radius 1 is 0.492 bits per heavy atom. The number of anilines is 9. The molecule has 8 aromatic carbocycles. The van der Waals surface area contributed by atoms with Crippen molar-refractivity contribution in [2.24, 2.45) is 0 Å². The number of benzene rings is 8. The molecular formula is C59H49BN4O. The third kappa shape index (κ3) is 6.18. The molecule has 314 valence electrons. The summed E-state index contributed by atoms with van der Waals surface area (Å²) in [5.41, 5.74) is 15.3. The van der Waals surface area contributed by atoms with E-state index >= 15 is 0 Å². The van der Waals surface area contributed by atoms with E-state index in [0.717, 1.165) is 72.9 Å². The van der Waals surface area contributed by atoms with Gasteiger partial charge in [-0.15, -0.1) is 0 Å². The zero-order valence-electron chi connectivity index (χ0n) is 37.7. The Morgan fingerprint density at radius 3 is 1.91 bits per heavy atom. The smallest absolute Gasteiger partial charge is 0.254 e. The summed E-state index contributed by atoms with van der Waals surface area (Å²) >= 11 is 0. The van der Waals surface area contributed by atoms with Crippen LogP contribution in [-0.4, -0.2) is 11.7 Å². The van der Waals surface area contributed by atoms with Crippen LogP contribution in [0.1, 0.15) is 52.7 Å². The predicted molar refractivity (Wildman–Crippen MR) is 275 cm³/mol. The first-order valence-electron chi connectivity index (χ1n) is 22.8. The predicted octanol–water partition coefficient (Wildman–Crippen LogP) is 14.3. The summed E-state index contributed by atoms with van der Waals surface area (Å²) in [5, 5.41) is 4.50. The van der Waals surface area contributed by atoms with Gasteiger partial charge in [-0.1, -0.05) is 163 Å². The minimum absolute atomic E-state index is 0.00950. The fraction of sp³-hybridized carbons (Fsp3) is 0.136. The van der Waals surface area contributed by atoms with Crippen LogP contribution < -0.4 is 31.1 Å². The van der Waals surface area contributed by atoms with Gasteiger partial charge in [-0.05, 0) is 110 Å². The summed E-state index contributed by atoms with van der Waals surface area (Å²) in [6.07, 6.45) is 0. The summed E-state index contributed by atoms with van der Waals surface area (Å²) in [7, 11) is 0. The molecule has 0 aliphatic carbocycles. The lowest BCUT2D eigenvalue weighted by Crippen LogP contribution is -2.61. The van der Waals surface area contributed by atoms with Crippen LogP contribution in [0.25, 0.3) is 32.7 Å². The van der Waals surface area contributed by atoms with Crippen LogP contribution in [0.15, 0.2) is 192 Å². The average Bonchev–Trinajstić information content (AvgIpc) is 3.71. The first-order chi connectivity index (χ1) is 31.5. The second-order valence-corrected chi connectivity index (χ2v) is 19.6. The first-order valence-corrected chi connectivity index (χ1v) is 22.8. The normalized spacial score (nSPS) is 13.3. The van der Waals surface area contributed by atoms with E-state index in [2.05, 4.69) is 238 Å². The Kier molecular flexibility index (Phi) is 8.70. The van der Waals surface area contributed by atoms with Crippen LogP contribution in [0, 0.1) is 0 Å². The van der Waals surface area contributed by atoms with Crippen LogP contribution in [0.5, 0.6) is 0 Å². The Hall–Kier alpha value is -7.57. The molecular weight excluding hydrogens is 791 g/mol. The third-order valence-corrected chi connectivity index (χ3v) is 13.5. The minimum Gasteiger partial charge on any atom is -0.454 e. The first kappa shape index (κ1) is 39.1. The summed E-state index contributed by atoms with van der Waals surface area (Å²) in [5.74, 6) is 1.71. The number of hydrogen-bond donors (Lipinski definition) is 0. The number of nitrogens with zero attached hydrogens (tertiary/aromatic N) is 4. The standard InChI is InChI=1S/C59H49BN4O/c1-58(2,3)39-30-32-42(33-31-39)63(48-27-16-19-38-18-10-11-22-43(38)48)54-35-34-47-57(61-54)64(50-28-17-24-45-44-23-12-15-29-53(44)65-56(45)50)52-37-40(59(4,5)6)36-51-55(52)60(47)46-25-13-14-26-49(46)62(51)41-20-8-7-9-21-41/h7-37H,1-6H3. The summed E-state index contributed by atoms with van der Waals surface area (Å²) in [6.45, 7) is 13.6. The number of hydrogen-bond acceptors (Lipinski definition) is 5. The van der Waals surface area contributed by atoms with E-state index in [1.807, 2.05) is 6.07 Å². The highest BCUT2D eigenvalue weighted by Crippen LogP contribution is 2.49. The van der Waals surface area contributed by atoms with Gasteiger partial charge in [0, 0.05) is 44.6 Å². The van der Waals surface area contributed by atoms with Crippen molar-refractivity contribution >= 4 is 107 Å². The van der Waals surface area contributed by atoms with Crippen molar-refractivity contribution in [3.05, 3.63) is 199 Å². The molecule has 0 bridgehead atoms. The molecule has 0 saturated carbocycles. The zero-order chi connectivity index (χ0) is 44.2. The van der Waals surface area contributed by atoms with Crippen LogP contribution >= 0.6 is 0 Å². The monoisotopic (exact) mass is 840 g/mol. The molecule has 0 amide bonds. The Morgan fingerprint density at radius 2 is 1.12 bits per heavy atom. The zero-order valence-corrected chi connectivity index (χ0v) is 37.7. The number of pyridine rings is 1. The molecule has 2 aliphatic heterocycles. The largest absolute Gasteiger partial charge is 0.454 e. The van der Waals surface area contributed by atoms with Gasteiger partial charge in [0.2, 0.25) is 0 Å². The van der Waals surface area contributed by atoms with Crippen LogP contribution in [0.3, 0.4) is 0 Å². The van der Waals surface area contributed by atoms with Gasteiger partial charge in [-0.3, -0.25) is 9.80 Å². The second kappa shape index (κ2) is 14.5. The van der Waals surface area contributed by atoms with Gasteiger partial charge in [0.15, 0.2) is 5.58 Å². The van der Waals surface area contributed by atoms with Crippen LogP contribution in [0.2, 0.25) is 0 Å². The average molecular weight is 841 g/mol. The topological polar surface area (TPSA) is 35.8 Å². The van der Waals surface area contributed by atoms with E-state index in [4.69, 9.17) is 9.40 Å². The van der Waals surface area contributed by atoms with Crippen molar-refractivity contribution in [2.75, 3.05) is 14.7 Å². The van der Waals surface area contributed by atoms with E-state index in [1.54, 1.807) is 0 Å². The molecule has 0 fully saturated rings. The molecule has 5 nitrogen and oxygen atoms in total. The maximum atomic E-state index is 6.92. The Balaban J connectivity index is 1.19. The molecule has 0 unspecified atom stereocenters. The third-order valence-electron chi connectivity index (χ3n) is 13.5. The number of rotatable bonds is 5. The molecule has 2 aliphatic rings. The van der Waals surface area contributed by atoms with Gasteiger partial charge in [0.1, 0.15) is 17.2 Å². The van der Waals surface area contributed by atoms with Gasteiger partial charge < -0.3 is 9.32 Å². The van der Waals surface area contributed by atoms with Crippen molar-refractivity contribution in [3.8, 4) is 0 Å². The number of furan rings is 1. The van der Waals surface area contributed by atoms with E-state index < -0.39 is 0 Å². The summed E-state index contributed by atoms with van der Waals surface area (Å²) < 4.78 is 6.92. The molecule has 0 N–H and O–H groups in total. The number of para-hydroxylation sites is 4. The fourth-order valence-corrected chi connectivity index (χ4v) is 10.3. The maximum Gasteiger partial charge on any atom is 0.254 e. The van der Waals surface area contributed by atoms with Crippen molar-refractivity contribution in [3.63, 3.8) is 0 Å². The maximum absolute atomic E-state index is 6.92. The molecule has 0 atom stereocenters. The van der Waals surface area contributed by atoms with Crippen molar-refractivity contribution < 1.29 is 4.42 Å². The molecule has 65 heavy (non-hydrogen) atoms. The minimum atomic E-state index is -0.169. The molecule has 0 radical (unpaired) electrons. The lowest BCUT2D eigenvalue weighted by atomic mass is 9.33. The molecule has 0 spiro atoms. The SMILES string of the molecule is CC(C)(C)c1ccc(N(c2ccc3c(n2)N(c2cccc4c2oc2ccccc24)c2cc(C(C)(C)C)cc4c2B3c2ccccc2N4c2ccccc2)c2cccc3ccccc23)cc1. The lowest BCUT2D eigenvalue weighted by molar-refractivity contribution is 0.590. The fourth-order valence-electron chi connectivity index (χ4n) is 10.3. The Labute approximate surface area is 381 Å². The molecule has 4 heterocycles. The van der Waals surface area contributed by atoms with Gasteiger partial charge in [0.25, 0.3) is 6.71 Å². The summed E-state index contributed by atoms with van der Waals surface area (Å²) in [4.78, 5) is 13.2. The van der Waals surface area contributed by atoms with Gasteiger partial charge in [-0.25, -0.2) is 4.98 Å². The van der Waals surface area contributed by atoms with E-state index in [1.165, 1.54) is 38.8 Å². The summed E-state index contributed by atoms with van der Waals surface area (Å²) in [6, 6.07) is 68.4. The van der Waals surface area contributed by atoms with Gasteiger partial charge in [-0.2, -0.15) is 0 Å². The second-order valence-electron chi connectivity index (χ2n) is 19.6. The molecule has 0 saturated heterocycles. The molecule has 12 rings (SSSR count).